The Morgan fingerprint density at radius 2 is 1.28 bits per heavy atom. The molecule has 0 unspecified atom stereocenters. The molecule has 2 aromatic rings. The summed E-state index contributed by atoms with van der Waals surface area (Å²) >= 11 is 0. The lowest BCUT2D eigenvalue weighted by atomic mass is 10.3. The molecule has 92 valence electrons. The number of sulfone groups is 1. The first-order chi connectivity index (χ1) is 8.54. The molecular formula is C12H9NO4S. The first kappa shape index (κ1) is 12.3. The topological polar surface area (TPSA) is 83.8 Å². The van der Waals surface area contributed by atoms with Gasteiger partial charge < -0.3 is 5.11 Å². The van der Waals surface area contributed by atoms with E-state index in [0.29, 0.717) is 0 Å². The highest BCUT2D eigenvalue weighted by Crippen LogP contribution is 2.24. The Morgan fingerprint density at radius 3 is 1.72 bits per heavy atom. The Morgan fingerprint density at radius 1 is 0.833 bits per heavy atom. The van der Waals surface area contributed by atoms with Gasteiger partial charge in [-0.25, -0.2) is 8.42 Å². The van der Waals surface area contributed by atoms with Crippen LogP contribution in [0.15, 0.2) is 63.5 Å². The van der Waals surface area contributed by atoms with Crippen molar-refractivity contribution in [3.05, 3.63) is 53.4 Å². The van der Waals surface area contributed by atoms with Crippen LogP contribution in [0.2, 0.25) is 0 Å². The van der Waals surface area contributed by atoms with Gasteiger partial charge in [0, 0.05) is 0 Å². The monoisotopic (exact) mass is 263 g/mol. The van der Waals surface area contributed by atoms with Crippen molar-refractivity contribution >= 4 is 15.5 Å². The maximum absolute atomic E-state index is 12.2. The summed E-state index contributed by atoms with van der Waals surface area (Å²) in [6, 6.07) is 10.5. The van der Waals surface area contributed by atoms with Crippen molar-refractivity contribution in [1.82, 2.24) is 0 Å². The Bertz CT molecular complexity index is 660. The summed E-state index contributed by atoms with van der Waals surface area (Å²) in [7, 11) is -3.64. The Balaban J connectivity index is 2.47. The second-order valence-corrected chi connectivity index (χ2v) is 5.53. The van der Waals surface area contributed by atoms with Crippen molar-refractivity contribution < 1.29 is 13.5 Å². The molecule has 0 radical (unpaired) electrons. The van der Waals surface area contributed by atoms with Gasteiger partial charge in [-0.3, -0.25) is 0 Å². The van der Waals surface area contributed by atoms with Gasteiger partial charge in [0.2, 0.25) is 9.84 Å². The van der Waals surface area contributed by atoms with Gasteiger partial charge in [0.1, 0.15) is 11.4 Å². The summed E-state index contributed by atoms with van der Waals surface area (Å²) in [6.45, 7) is 0. The van der Waals surface area contributed by atoms with Crippen LogP contribution in [0.1, 0.15) is 0 Å². The number of nitroso groups, excluding NO2 is 1. The molecule has 1 N–H and O–H groups in total. The minimum Gasteiger partial charge on any atom is -0.508 e. The fourth-order valence-electron chi connectivity index (χ4n) is 1.45. The predicted octanol–water partition coefficient (Wildman–Crippen LogP) is 2.62. The predicted molar refractivity (Wildman–Crippen MR) is 65.5 cm³/mol. The summed E-state index contributed by atoms with van der Waals surface area (Å²) in [5.74, 6) is -0.00514. The number of rotatable bonds is 3. The Kier molecular flexibility index (Phi) is 3.12. The average molecular weight is 263 g/mol. The molecule has 0 amide bonds. The lowest BCUT2D eigenvalue weighted by molar-refractivity contribution is 0.475. The zero-order valence-corrected chi connectivity index (χ0v) is 9.96. The molecule has 0 saturated carbocycles. The molecule has 0 heterocycles. The van der Waals surface area contributed by atoms with Crippen molar-refractivity contribution in [2.24, 2.45) is 5.18 Å². The number of phenols is 1. The highest BCUT2D eigenvalue weighted by molar-refractivity contribution is 7.91. The van der Waals surface area contributed by atoms with E-state index in [4.69, 9.17) is 5.11 Å². The van der Waals surface area contributed by atoms with Crippen molar-refractivity contribution in [3.8, 4) is 5.75 Å². The molecule has 0 fully saturated rings. The van der Waals surface area contributed by atoms with Gasteiger partial charge in [0.15, 0.2) is 0 Å². The van der Waals surface area contributed by atoms with E-state index in [1.54, 1.807) is 0 Å². The molecule has 2 aromatic carbocycles. The third kappa shape index (κ3) is 2.23. The molecule has 0 aliphatic heterocycles. The minimum absolute atomic E-state index is 0.00514. The van der Waals surface area contributed by atoms with Crippen LogP contribution in [-0.2, 0) is 9.84 Å². The number of phenolic OH excluding ortho intramolecular Hbond substituents is 1. The molecule has 5 nitrogen and oxygen atoms in total. The van der Waals surface area contributed by atoms with Crippen LogP contribution in [0, 0.1) is 4.91 Å². The standard InChI is InChI=1S/C12H9NO4S/c14-10-3-7-12(8-4-10)18(16,17)11-5-1-9(13-15)2-6-11/h1-8,14H. The lowest BCUT2D eigenvalue weighted by Gasteiger charge is -2.04. The Labute approximate surface area is 104 Å². The van der Waals surface area contributed by atoms with Crippen molar-refractivity contribution in [2.75, 3.05) is 0 Å². The van der Waals surface area contributed by atoms with Gasteiger partial charge in [-0.15, -0.1) is 4.91 Å². The summed E-state index contributed by atoms with van der Waals surface area (Å²) in [5, 5.41) is 11.8. The van der Waals surface area contributed by atoms with E-state index < -0.39 is 9.84 Å². The van der Waals surface area contributed by atoms with Crippen LogP contribution in [0.25, 0.3) is 0 Å². The summed E-state index contributed by atoms with van der Waals surface area (Å²) in [4.78, 5) is 10.4. The fourth-order valence-corrected chi connectivity index (χ4v) is 2.71. The molecule has 6 heteroatoms. The smallest absolute Gasteiger partial charge is 0.206 e. The highest BCUT2D eigenvalue weighted by atomic mass is 32.2. The average Bonchev–Trinajstić information content (AvgIpc) is 2.39. The third-order valence-corrected chi connectivity index (χ3v) is 4.18. The molecule has 0 aliphatic rings. The number of benzene rings is 2. The van der Waals surface area contributed by atoms with Gasteiger partial charge in [-0.05, 0) is 53.7 Å². The SMILES string of the molecule is O=Nc1ccc(S(=O)(=O)c2ccc(O)cc2)cc1. The molecule has 0 spiro atoms. The number of aromatic hydroxyl groups is 1. The van der Waals surface area contributed by atoms with Crippen LogP contribution >= 0.6 is 0 Å². The third-order valence-electron chi connectivity index (χ3n) is 2.40. The van der Waals surface area contributed by atoms with Crippen LogP contribution in [0.3, 0.4) is 0 Å². The first-order valence-electron chi connectivity index (χ1n) is 5.01. The number of hydrogen-bond acceptors (Lipinski definition) is 5. The summed E-state index contributed by atoms with van der Waals surface area (Å²) in [5.41, 5.74) is 0.166. The van der Waals surface area contributed by atoms with E-state index in [1.165, 1.54) is 48.5 Å². The van der Waals surface area contributed by atoms with Gasteiger partial charge in [-0.2, -0.15) is 0 Å². The maximum Gasteiger partial charge on any atom is 0.206 e. The largest absolute Gasteiger partial charge is 0.508 e. The van der Waals surface area contributed by atoms with E-state index in [9.17, 15) is 13.3 Å². The van der Waals surface area contributed by atoms with E-state index in [0.717, 1.165) is 0 Å². The molecule has 0 atom stereocenters. The number of hydrogen-bond donors (Lipinski definition) is 1. The minimum atomic E-state index is -3.64. The zero-order valence-electron chi connectivity index (χ0n) is 9.15. The number of nitrogens with zero attached hydrogens (tertiary/aromatic N) is 1. The normalized spacial score (nSPS) is 11.1. The summed E-state index contributed by atoms with van der Waals surface area (Å²) in [6.07, 6.45) is 0. The van der Waals surface area contributed by atoms with Gasteiger partial charge in [0.25, 0.3) is 0 Å². The Hall–Kier alpha value is -2.21. The van der Waals surface area contributed by atoms with E-state index >= 15 is 0 Å². The first-order valence-corrected chi connectivity index (χ1v) is 6.50. The lowest BCUT2D eigenvalue weighted by Crippen LogP contribution is -2.01. The van der Waals surface area contributed by atoms with Crippen LogP contribution in [0.5, 0.6) is 5.75 Å². The van der Waals surface area contributed by atoms with Crippen molar-refractivity contribution in [2.45, 2.75) is 9.79 Å². The molecule has 2 rings (SSSR count). The van der Waals surface area contributed by atoms with E-state index in [1.807, 2.05) is 0 Å². The van der Waals surface area contributed by atoms with Crippen LogP contribution in [0.4, 0.5) is 5.69 Å². The van der Waals surface area contributed by atoms with Crippen molar-refractivity contribution in [1.29, 1.82) is 0 Å². The highest BCUT2D eigenvalue weighted by Gasteiger charge is 2.17. The molecule has 18 heavy (non-hydrogen) atoms. The summed E-state index contributed by atoms with van der Waals surface area (Å²) < 4.78 is 24.3. The molecule has 0 aliphatic carbocycles. The van der Waals surface area contributed by atoms with Crippen LogP contribution < -0.4 is 0 Å². The fraction of sp³-hybridized carbons (Fsp3) is 0. The van der Waals surface area contributed by atoms with Crippen molar-refractivity contribution in [3.63, 3.8) is 0 Å². The second kappa shape index (κ2) is 4.58. The van der Waals surface area contributed by atoms with Gasteiger partial charge in [0.05, 0.1) is 9.79 Å². The zero-order chi connectivity index (χ0) is 13.2. The molecular weight excluding hydrogens is 254 g/mol. The van der Waals surface area contributed by atoms with Gasteiger partial charge in [-0.1, -0.05) is 0 Å². The van der Waals surface area contributed by atoms with Gasteiger partial charge >= 0.3 is 0 Å². The molecule has 0 bridgehead atoms. The van der Waals surface area contributed by atoms with E-state index in [2.05, 4.69) is 5.18 Å². The molecule has 0 aromatic heterocycles. The van der Waals surface area contributed by atoms with Crippen LogP contribution in [-0.4, -0.2) is 13.5 Å². The second-order valence-electron chi connectivity index (χ2n) is 3.58. The molecule has 0 saturated heterocycles. The maximum atomic E-state index is 12.2. The quantitative estimate of drug-likeness (QED) is 0.863. The van der Waals surface area contributed by atoms with E-state index in [-0.39, 0.29) is 21.2 Å².